The smallest absolute Gasteiger partial charge is 0.311 e. The van der Waals surface area contributed by atoms with Crippen molar-refractivity contribution < 1.29 is 14.3 Å². The van der Waals surface area contributed by atoms with Gasteiger partial charge in [-0.25, -0.2) is 0 Å². The molecule has 1 aromatic rings. The molecule has 0 radical (unpaired) electrons. The molecule has 1 rings (SSSR count). The number of nitrogens with one attached hydrogen (secondary N) is 1. The van der Waals surface area contributed by atoms with Gasteiger partial charge < -0.3 is 10.1 Å². The minimum Gasteiger partial charge on any atom is -0.460 e. The molecule has 0 spiro atoms. The molecular weight excluding hydrogens is 218 g/mol. The third kappa shape index (κ3) is 4.26. The third-order valence-corrected chi connectivity index (χ3v) is 2.16. The highest BCUT2D eigenvalue weighted by Crippen LogP contribution is 2.17. The first kappa shape index (κ1) is 13.2. The Balaban J connectivity index is 2.53. The molecule has 92 valence electrons. The summed E-state index contributed by atoms with van der Waals surface area (Å²) >= 11 is 0. The van der Waals surface area contributed by atoms with Crippen LogP contribution >= 0.6 is 0 Å². The summed E-state index contributed by atoms with van der Waals surface area (Å²) in [5.41, 5.74) is 1.11. The molecule has 0 unspecified atom stereocenters. The van der Waals surface area contributed by atoms with Crippen LogP contribution in [0.25, 0.3) is 0 Å². The van der Waals surface area contributed by atoms with E-state index in [9.17, 15) is 9.59 Å². The molecule has 4 heteroatoms. The fourth-order valence-corrected chi connectivity index (χ4v) is 1.13. The molecule has 0 aliphatic heterocycles. The number of anilines is 1. The van der Waals surface area contributed by atoms with Gasteiger partial charge >= 0.3 is 5.97 Å². The van der Waals surface area contributed by atoms with Gasteiger partial charge in [-0.1, -0.05) is 12.1 Å². The fraction of sp³-hybridized carbons (Fsp3) is 0.385. The number of carbonyl (C=O) groups is 2. The zero-order valence-corrected chi connectivity index (χ0v) is 10.3. The second kappa shape index (κ2) is 5.48. The molecule has 0 saturated heterocycles. The Morgan fingerprint density at radius 1 is 1.29 bits per heavy atom. The number of carbonyl (C=O) groups excluding carboxylic acids is 2. The summed E-state index contributed by atoms with van der Waals surface area (Å²) in [6.07, 6.45) is 0.620. The third-order valence-electron chi connectivity index (χ3n) is 2.16. The molecular formula is C13H17NO3. The highest BCUT2D eigenvalue weighted by Gasteiger charge is 2.22. The van der Waals surface area contributed by atoms with E-state index in [1.807, 2.05) is 32.9 Å². The average molecular weight is 235 g/mol. The van der Waals surface area contributed by atoms with Crippen LogP contribution in [-0.4, -0.2) is 12.4 Å². The highest BCUT2D eigenvalue weighted by atomic mass is 16.5. The molecule has 0 aliphatic rings. The lowest BCUT2D eigenvalue weighted by Crippen LogP contribution is -2.22. The largest absolute Gasteiger partial charge is 0.460 e. The SMILES string of the molecule is CC(C)(C)C(=O)OCc1ccc(NC=O)cc1. The van der Waals surface area contributed by atoms with Gasteiger partial charge in [0.2, 0.25) is 6.41 Å². The quantitative estimate of drug-likeness (QED) is 0.643. The molecule has 0 aromatic heterocycles. The second-order valence-corrected chi connectivity index (χ2v) is 4.79. The minimum absolute atomic E-state index is 0.229. The van der Waals surface area contributed by atoms with Crippen molar-refractivity contribution in [2.24, 2.45) is 5.41 Å². The van der Waals surface area contributed by atoms with E-state index in [1.165, 1.54) is 0 Å². The molecule has 0 aliphatic carbocycles. The molecule has 0 saturated carbocycles. The van der Waals surface area contributed by atoms with Crippen molar-refractivity contribution in [2.75, 3.05) is 5.32 Å². The standard InChI is InChI=1S/C13H17NO3/c1-13(2,3)12(16)17-8-10-4-6-11(7-5-10)14-9-15/h4-7,9H,8H2,1-3H3,(H,14,15). The van der Waals surface area contributed by atoms with Crippen LogP contribution in [0.5, 0.6) is 0 Å². The predicted octanol–water partition coefficient (Wildman–Crippen LogP) is 2.34. The van der Waals surface area contributed by atoms with Gasteiger partial charge in [-0.05, 0) is 38.5 Å². The Kier molecular flexibility index (Phi) is 4.26. The van der Waals surface area contributed by atoms with Crippen molar-refractivity contribution in [2.45, 2.75) is 27.4 Å². The summed E-state index contributed by atoms with van der Waals surface area (Å²) in [7, 11) is 0. The van der Waals surface area contributed by atoms with Gasteiger partial charge in [-0.2, -0.15) is 0 Å². The van der Waals surface area contributed by atoms with E-state index < -0.39 is 5.41 Å². The summed E-state index contributed by atoms with van der Waals surface area (Å²) in [5, 5.41) is 2.54. The van der Waals surface area contributed by atoms with Gasteiger partial charge in [0.1, 0.15) is 6.61 Å². The van der Waals surface area contributed by atoms with E-state index >= 15 is 0 Å². The number of rotatable bonds is 4. The lowest BCUT2D eigenvalue weighted by Gasteiger charge is -2.16. The van der Waals surface area contributed by atoms with Crippen LogP contribution in [0.3, 0.4) is 0 Å². The Hall–Kier alpha value is -1.84. The Morgan fingerprint density at radius 2 is 1.88 bits per heavy atom. The number of esters is 1. The zero-order chi connectivity index (χ0) is 12.9. The van der Waals surface area contributed by atoms with Crippen LogP contribution in [0.1, 0.15) is 26.3 Å². The van der Waals surface area contributed by atoms with Gasteiger partial charge in [-0.3, -0.25) is 9.59 Å². The topological polar surface area (TPSA) is 55.4 Å². The molecule has 17 heavy (non-hydrogen) atoms. The summed E-state index contributed by atoms with van der Waals surface area (Å²) in [5.74, 6) is -0.229. The van der Waals surface area contributed by atoms with Crippen LogP contribution in [0.2, 0.25) is 0 Å². The monoisotopic (exact) mass is 235 g/mol. The molecule has 4 nitrogen and oxygen atoms in total. The summed E-state index contributed by atoms with van der Waals surface area (Å²) in [6.45, 7) is 5.68. The molecule has 0 fully saturated rings. The maximum Gasteiger partial charge on any atom is 0.311 e. The number of hydrogen-bond acceptors (Lipinski definition) is 3. The van der Waals surface area contributed by atoms with Crippen LogP contribution < -0.4 is 5.32 Å². The van der Waals surface area contributed by atoms with Crippen LogP contribution in [0, 0.1) is 5.41 Å². The summed E-state index contributed by atoms with van der Waals surface area (Å²) in [4.78, 5) is 21.7. The summed E-state index contributed by atoms with van der Waals surface area (Å²) < 4.78 is 5.16. The molecule has 0 bridgehead atoms. The maximum absolute atomic E-state index is 11.5. The summed E-state index contributed by atoms with van der Waals surface area (Å²) in [6, 6.07) is 7.13. The fourth-order valence-electron chi connectivity index (χ4n) is 1.13. The lowest BCUT2D eigenvalue weighted by molar-refractivity contribution is -0.154. The number of ether oxygens (including phenoxy) is 1. The lowest BCUT2D eigenvalue weighted by atomic mass is 9.97. The van der Waals surface area contributed by atoms with Crippen molar-refractivity contribution in [3.05, 3.63) is 29.8 Å². The van der Waals surface area contributed by atoms with E-state index in [0.717, 1.165) is 5.56 Å². The van der Waals surface area contributed by atoms with Crippen molar-refractivity contribution >= 4 is 18.1 Å². The van der Waals surface area contributed by atoms with E-state index in [-0.39, 0.29) is 12.6 Å². The Bertz CT molecular complexity index is 390. The first-order valence-corrected chi connectivity index (χ1v) is 5.40. The molecule has 0 heterocycles. The molecule has 1 N–H and O–H groups in total. The van der Waals surface area contributed by atoms with E-state index in [2.05, 4.69) is 5.32 Å². The van der Waals surface area contributed by atoms with Crippen LogP contribution in [-0.2, 0) is 20.9 Å². The average Bonchev–Trinajstić information content (AvgIpc) is 2.27. The normalized spacial score (nSPS) is 10.8. The van der Waals surface area contributed by atoms with Crippen molar-refractivity contribution in [3.63, 3.8) is 0 Å². The van der Waals surface area contributed by atoms with E-state index in [4.69, 9.17) is 4.74 Å². The van der Waals surface area contributed by atoms with Crippen molar-refractivity contribution in [3.8, 4) is 0 Å². The van der Waals surface area contributed by atoms with Gasteiger partial charge in [0.05, 0.1) is 5.41 Å². The van der Waals surface area contributed by atoms with Gasteiger partial charge in [0.15, 0.2) is 0 Å². The first-order valence-electron chi connectivity index (χ1n) is 5.40. The zero-order valence-electron chi connectivity index (χ0n) is 10.3. The maximum atomic E-state index is 11.5. The first-order chi connectivity index (χ1) is 7.93. The predicted molar refractivity (Wildman–Crippen MR) is 65.4 cm³/mol. The van der Waals surface area contributed by atoms with E-state index in [1.54, 1.807) is 12.1 Å². The Morgan fingerprint density at radius 3 is 2.35 bits per heavy atom. The highest BCUT2D eigenvalue weighted by molar-refractivity contribution is 5.75. The Labute approximate surface area is 101 Å². The number of amides is 1. The van der Waals surface area contributed by atoms with Crippen molar-refractivity contribution in [1.82, 2.24) is 0 Å². The number of hydrogen-bond donors (Lipinski definition) is 1. The number of benzene rings is 1. The van der Waals surface area contributed by atoms with Gasteiger partial charge in [-0.15, -0.1) is 0 Å². The van der Waals surface area contributed by atoms with Crippen LogP contribution in [0.4, 0.5) is 5.69 Å². The van der Waals surface area contributed by atoms with Gasteiger partial charge in [0, 0.05) is 5.69 Å². The van der Waals surface area contributed by atoms with E-state index in [0.29, 0.717) is 12.1 Å². The minimum atomic E-state index is -0.487. The molecule has 0 atom stereocenters. The molecule has 1 aromatic carbocycles. The second-order valence-electron chi connectivity index (χ2n) is 4.79. The van der Waals surface area contributed by atoms with Crippen LogP contribution in [0.15, 0.2) is 24.3 Å². The molecule has 1 amide bonds. The van der Waals surface area contributed by atoms with Crippen molar-refractivity contribution in [1.29, 1.82) is 0 Å². The van der Waals surface area contributed by atoms with Gasteiger partial charge in [0.25, 0.3) is 0 Å².